The number of aryl methyl sites for hydroxylation is 2. The molecule has 2 saturated carbocycles. The lowest BCUT2D eigenvalue weighted by Gasteiger charge is -2.52. The average molecular weight is 1590 g/mol. The zero-order valence-corrected chi connectivity index (χ0v) is 65.8. The summed E-state index contributed by atoms with van der Waals surface area (Å²) >= 11 is 0. The van der Waals surface area contributed by atoms with E-state index >= 15 is 4.39 Å². The van der Waals surface area contributed by atoms with Gasteiger partial charge in [-0.2, -0.15) is 23.4 Å². The molecule has 10 aromatic rings. The van der Waals surface area contributed by atoms with Gasteiger partial charge >= 0.3 is 17.6 Å². The third-order valence-corrected chi connectivity index (χ3v) is 25.9. The van der Waals surface area contributed by atoms with E-state index < -0.39 is 64.5 Å². The molecule has 7 fully saturated rings. The van der Waals surface area contributed by atoms with Gasteiger partial charge in [-0.1, -0.05) is 30.3 Å². The molecular weight excluding hydrogens is 1500 g/mol. The molecule has 6 atom stereocenters. The zero-order chi connectivity index (χ0) is 81.3. The van der Waals surface area contributed by atoms with Crippen molar-refractivity contribution < 1.29 is 56.2 Å². The summed E-state index contributed by atoms with van der Waals surface area (Å²) in [4.78, 5) is 123. The number of pyridine rings is 2. The second-order valence-corrected chi connectivity index (χ2v) is 34.1. The van der Waals surface area contributed by atoms with Crippen molar-refractivity contribution >= 4 is 90.7 Å². The molecule has 6 aromatic heterocycles. The molecule has 2 bridgehead atoms. The standard InChI is InChI=1S/C85H95F4N17O10/c1-83(2,86)71-15-9-12-58(90-71)78(110)93-63-34-51-43-104(97-61(51)38-70(63)116-7)54-24-19-48(20-25-54)75(101-40-52(41-101)49-21-26-64-68(35-49)98(5)81(113)105(64)66-27-29-73(107)94-79(66)111)56-36-55-44-100(32-31-47-11-8-14-65-76(47)99(6)82(114)106(65)67-28-30-74(108)95-80(67)112)45-69(56)102(55)39-46-17-22-53(23-18-46)103-42-50-33-62(57(84(3,4)115)37-60(50)96-103)92-77(109)59-13-10-16-72(91-59)85(87,88)89/h8-16,21,26,33-35,37-38,42-43,46,48,52-56,66-67,69,75,115H,17-20,22-25,27-32,36,39-41,44-45H2,1-7H3,(H,92,109)(H,93,110)(H,94,107,111)(H,95,108,112)/t46-,48-,53-,54-,55-,56?,66?,67?,69-,75?/m1/s1. The Morgan fingerprint density at radius 1 is 0.621 bits per heavy atom. The summed E-state index contributed by atoms with van der Waals surface area (Å²) in [7, 11) is 5.01. The second kappa shape index (κ2) is 30.1. The van der Waals surface area contributed by atoms with Crippen LogP contribution in [0.15, 0.2) is 119 Å². The molecule has 7 aliphatic rings. The van der Waals surface area contributed by atoms with E-state index in [0.29, 0.717) is 74.8 Å². The highest BCUT2D eigenvalue weighted by molar-refractivity contribution is 6.06. The van der Waals surface area contributed by atoms with E-state index in [0.717, 1.165) is 125 Å². The van der Waals surface area contributed by atoms with Crippen LogP contribution < -0.4 is 37.4 Å². The van der Waals surface area contributed by atoms with E-state index in [2.05, 4.69) is 68.8 Å². The number of imidazole rings is 2. The smallest absolute Gasteiger partial charge is 0.433 e. The fourth-order valence-corrected chi connectivity index (χ4v) is 20.0. The van der Waals surface area contributed by atoms with Gasteiger partial charge in [0.1, 0.15) is 40.6 Å². The monoisotopic (exact) mass is 1590 g/mol. The van der Waals surface area contributed by atoms with E-state index in [-0.39, 0.29) is 108 Å². The van der Waals surface area contributed by atoms with Gasteiger partial charge < -0.3 is 20.5 Å². The van der Waals surface area contributed by atoms with Crippen LogP contribution in [0.5, 0.6) is 5.75 Å². The van der Waals surface area contributed by atoms with Crippen LogP contribution in [0.3, 0.4) is 0 Å². The van der Waals surface area contributed by atoms with Gasteiger partial charge in [0.15, 0.2) is 0 Å². The van der Waals surface area contributed by atoms with E-state index in [1.54, 1.807) is 72.0 Å². The number of ether oxygens (including phenoxy) is 1. The maximum absolute atomic E-state index is 15.0. The summed E-state index contributed by atoms with van der Waals surface area (Å²) in [6.07, 6.45) is 8.66. The van der Waals surface area contributed by atoms with Crippen LogP contribution in [0.2, 0.25) is 0 Å². The molecule has 17 rings (SSSR count). The van der Waals surface area contributed by atoms with Crippen LogP contribution in [0.1, 0.15) is 190 Å². The van der Waals surface area contributed by atoms with Crippen molar-refractivity contribution in [2.75, 3.05) is 57.0 Å². The maximum atomic E-state index is 15.0. The summed E-state index contributed by atoms with van der Waals surface area (Å²) in [5.41, 5.74) is 1.84. The number of piperidine rings is 2. The first-order valence-electron chi connectivity index (χ1n) is 40.3. The third-order valence-electron chi connectivity index (χ3n) is 25.9. The number of aliphatic hydroxyl groups is 1. The molecular formula is C85H95F4N17O10. The number of fused-ring (bicyclic) bond motifs is 6. The molecule has 11 heterocycles. The number of carbonyl (C=O) groups is 6. The molecule has 6 amide bonds. The van der Waals surface area contributed by atoms with Crippen molar-refractivity contribution in [2.45, 2.75) is 183 Å². The number of hydrogen-bond acceptors (Lipinski definition) is 17. The Labute approximate surface area is 664 Å². The van der Waals surface area contributed by atoms with Crippen molar-refractivity contribution in [3.05, 3.63) is 170 Å². The number of halogens is 4. The zero-order valence-electron chi connectivity index (χ0n) is 65.8. The van der Waals surface area contributed by atoms with Gasteiger partial charge in [0.05, 0.1) is 69.3 Å². The summed E-state index contributed by atoms with van der Waals surface area (Å²) in [5, 5.41) is 33.7. The van der Waals surface area contributed by atoms with Crippen molar-refractivity contribution in [3.63, 3.8) is 0 Å². The van der Waals surface area contributed by atoms with Gasteiger partial charge in [0, 0.05) is 131 Å². The first kappa shape index (κ1) is 77.8. The Kier molecular flexibility index (Phi) is 20.2. The number of benzene rings is 4. The number of nitrogens with zero attached hydrogens (tertiary/aromatic N) is 13. The number of rotatable bonds is 20. The molecule has 4 unspecified atom stereocenters. The SMILES string of the molecule is COc1cc2nn([C@H]3CC[C@H](C(C4C[C@@H]5CN(CCc6cccc7c6n(C)c(=O)n7C6CCC(=O)NC6=O)C[C@H]4N5C[C@H]4CC[C@H](n5cc6cc(NC(=O)c7cccc(C(F)(F)F)n7)c(C(C)(C)O)cc6n5)CC4)N4CC(c5ccc6c(c5)n(C)c(=O)n6C5CCC(=O)NC5=O)C4)CC3)cc2cc1NC(=O)c1cccc(C(C)(C)F)n1. The number of hydrogen-bond donors (Lipinski definition) is 5. The van der Waals surface area contributed by atoms with Gasteiger partial charge in [-0.05, 0) is 194 Å². The number of piperazine rings is 1. The molecule has 27 nitrogen and oxygen atoms in total. The average Bonchev–Trinajstić information content (AvgIpc) is 1.57. The molecule has 116 heavy (non-hydrogen) atoms. The van der Waals surface area contributed by atoms with Crippen LogP contribution in [0, 0.1) is 17.8 Å². The number of aromatic nitrogens is 10. The molecule has 608 valence electrons. The summed E-state index contributed by atoms with van der Waals surface area (Å²) < 4.78 is 72.2. The minimum atomic E-state index is -4.76. The van der Waals surface area contributed by atoms with E-state index in [4.69, 9.17) is 14.9 Å². The van der Waals surface area contributed by atoms with E-state index in [1.165, 1.54) is 31.6 Å². The Bertz CT molecular complexity index is 5720. The predicted molar refractivity (Wildman–Crippen MR) is 425 cm³/mol. The van der Waals surface area contributed by atoms with Gasteiger partial charge in [-0.3, -0.25) is 81.7 Å². The number of anilines is 2. The molecule has 5 saturated heterocycles. The van der Waals surface area contributed by atoms with E-state index in [1.807, 2.05) is 47.4 Å². The van der Waals surface area contributed by atoms with Crippen molar-refractivity contribution in [2.24, 2.45) is 31.8 Å². The number of imide groups is 2. The molecule has 5 aliphatic heterocycles. The highest BCUT2D eigenvalue weighted by atomic mass is 19.4. The number of carbonyl (C=O) groups excluding carboxylic acids is 6. The lowest BCUT2D eigenvalue weighted by Crippen LogP contribution is -2.61. The Hall–Kier alpha value is -10.8. The van der Waals surface area contributed by atoms with E-state index in [9.17, 15) is 56.6 Å². The predicted octanol–water partition coefficient (Wildman–Crippen LogP) is 10.7. The Morgan fingerprint density at radius 3 is 1.81 bits per heavy atom. The van der Waals surface area contributed by atoms with Crippen molar-refractivity contribution in [3.8, 4) is 5.75 Å². The Balaban J connectivity index is 0.660. The van der Waals surface area contributed by atoms with Crippen LogP contribution in [0.4, 0.5) is 28.9 Å². The largest absolute Gasteiger partial charge is 0.494 e. The molecule has 5 N–H and O–H groups in total. The molecule has 4 aromatic carbocycles. The summed E-state index contributed by atoms with van der Waals surface area (Å²) in [6, 6.07) is 25.9. The van der Waals surface area contributed by atoms with Gasteiger partial charge in [-0.15, -0.1) is 0 Å². The number of likely N-dealkylation sites (tertiary alicyclic amines) is 2. The minimum Gasteiger partial charge on any atom is -0.494 e. The van der Waals surface area contributed by atoms with Gasteiger partial charge in [-0.25, -0.2) is 23.9 Å². The number of para-hydroxylation sites is 1. The van der Waals surface area contributed by atoms with Crippen LogP contribution in [-0.4, -0.2) is 168 Å². The van der Waals surface area contributed by atoms with Crippen molar-refractivity contribution in [1.29, 1.82) is 0 Å². The highest BCUT2D eigenvalue weighted by Gasteiger charge is 2.54. The normalized spacial score (nSPS) is 23.8. The second-order valence-electron chi connectivity index (χ2n) is 34.1. The molecule has 0 radical (unpaired) electrons. The first-order chi connectivity index (χ1) is 55.4. The lowest BCUT2D eigenvalue weighted by molar-refractivity contribution is -0.141. The molecule has 0 spiro atoms. The minimum absolute atomic E-state index is 0.0373. The first-order valence-corrected chi connectivity index (χ1v) is 40.3. The number of amides is 6. The van der Waals surface area contributed by atoms with Crippen LogP contribution in [-0.2, 0) is 57.1 Å². The van der Waals surface area contributed by atoms with Gasteiger partial charge in [0.2, 0.25) is 23.6 Å². The fourth-order valence-electron chi connectivity index (χ4n) is 20.0. The number of nitrogens with one attached hydrogen (secondary N) is 4. The molecule has 31 heteroatoms. The fraction of sp³-hybridized carbons (Fsp3) is 0.482. The van der Waals surface area contributed by atoms with Crippen molar-refractivity contribution in [1.82, 2.24) is 73.1 Å². The quantitative estimate of drug-likeness (QED) is 0.0350. The molecule has 2 aliphatic carbocycles. The summed E-state index contributed by atoms with van der Waals surface area (Å²) in [6.45, 7) is 10.7. The Morgan fingerprint density at radius 2 is 1.20 bits per heavy atom. The maximum Gasteiger partial charge on any atom is 0.433 e. The third kappa shape index (κ3) is 14.7. The topological polar surface area (TPSA) is 305 Å². The van der Waals surface area contributed by atoms with Gasteiger partial charge in [0.25, 0.3) is 11.8 Å². The highest BCUT2D eigenvalue weighted by Crippen LogP contribution is 2.50. The number of alkyl halides is 4. The summed E-state index contributed by atoms with van der Waals surface area (Å²) in [5.74, 6) is -1.61. The number of methoxy groups -OCH3 is 1. The van der Waals surface area contributed by atoms with Crippen LogP contribution in [0.25, 0.3) is 43.9 Å². The lowest BCUT2D eigenvalue weighted by atomic mass is 9.72. The van der Waals surface area contributed by atoms with Crippen LogP contribution >= 0.6 is 0 Å².